The summed E-state index contributed by atoms with van der Waals surface area (Å²) in [4.78, 5) is 27.3. The predicted octanol–water partition coefficient (Wildman–Crippen LogP) is 3.94. The van der Waals surface area contributed by atoms with Crippen LogP contribution in [0.1, 0.15) is 16.1 Å². The smallest absolute Gasteiger partial charge is 0.266 e. The molecule has 4 rings (SSSR count). The second-order valence-electron chi connectivity index (χ2n) is 6.20. The molecule has 1 fully saturated rings. The van der Waals surface area contributed by atoms with Crippen molar-refractivity contribution in [3.8, 4) is 0 Å². The summed E-state index contributed by atoms with van der Waals surface area (Å²) in [5.41, 5.74) is 1.55. The zero-order chi connectivity index (χ0) is 19.0. The molecule has 3 aromatic rings. The van der Waals surface area contributed by atoms with Gasteiger partial charge in [0.1, 0.15) is 10.1 Å². The maximum atomic E-state index is 12.8. The molecule has 7 heteroatoms. The van der Waals surface area contributed by atoms with Gasteiger partial charge in [0, 0.05) is 48.8 Å². The molecule has 1 amide bonds. The van der Waals surface area contributed by atoms with Crippen molar-refractivity contribution in [1.82, 2.24) is 9.47 Å². The summed E-state index contributed by atoms with van der Waals surface area (Å²) in [7, 11) is 1.90. The Hall–Kier alpha value is -2.64. The molecule has 0 atom stereocenters. The van der Waals surface area contributed by atoms with Gasteiger partial charge in [-0.1, -0.05) is 42.2 Å². The molecule has 1 saturated heterocycles. The number of benzene rings is 1. The highest BCUT2D eigenvalue weighted by atomic mass is 32.2. The van der Waals surface area contributed by atoms with Gasteiger partial charge in [-0.2, -0.15) is 0 Å². The van der Waals surface area contributed by atoms with E-state index in [0.717, 1.165) is 28.4 Å². The van der Waals surface area contributed by atoms with Gasteiger partial charge >= 0.3 is 0 Å². The molecule has 136 valence electrons. The lowest BCUT2D eigenvalue weighted by molar-refractivity contribution is -0.122. The number of hydrogen-bond donors (Lipinski definition) is 0. The molecule has 0 spiro atoms. The van der Waals surface area contributed by atoms with E-state index in [1.165, 1.54) is 11.0 Å². The number of thioether (sulfide) groups is 1. The van der Waals surface area contributed by atoms with Crippen LogP contribution in [0.5, 0.6) is 0 Å². The van der Waals surface area contributed by atoms with Gasteiger partial charge in [-0.25, -0.2) is 0 Å². The van der Waals surface area contributed by atoms with Crippen LogP contribution in [0, 0.1) is 0 Å². The largest absolute Gasteiger partial charge is 0.469 e. The van der Waals surface area contributed by atoms with Crippen molar-refractivity contribution in [1.29, 1.82) is 0 Å². The number of thiocarbonyl (C=S) groups is 1. The third-order valence-corrected chi connectivity index (χ3v) is 5.84. The average molecular weight is 396 g/mol. The Bertz CT molecular complexity index is 1080. The van der Waals surface area contributed by atoms with Crippen molar-refractivity contribution in [2.75, 3.05) is 6.54 Å². The number of hydrogen-bond acceptors (Lipinski definition) is 5. The fraction of sp³-hybridized carbons (Fsp3) is 0.150. The van der Waals surface area contributed by atoms with E-state index in [-0.39, 0.29) is 11.7 Å². The molecule has 0 radical (unpaired) electrons. The zero-order valence-electron chi connectivity index (χ0n) is 14.5. The summed E-state index contributed by atoms with van der Waals surface area (Å²) >= 11 is 6.49. The zero-order valence-corrected chi connectivity index (χ0v) is 16.2. The third-order valence-electron chi connectivity index (χ3n) is 4.46. The number of allylic oxidation sites excluding steroid dienone is 1. The van der Waals surface area contributed by atoms with Gasteiger partial charge in [-0.05, 0) is 18.2 Å². The standard InChI is InChI=1S/C20H16N2O3S2/c1-21-12-15(14-6-2-3-7-16(14)21)17(23)11-18-19(24)22(20(26)27-18)9-8-13-5-4-10-25-13/h2-7,10-12H,8-9H2,1H3/b18-11-. The fourth-order valence-corrected chi connectivity index (χ4v) is 4.38. The first-order valence-corrected chi connectivity index (χ1v) is 9.63. The Morgan fingerprint density at radius 2 is 2.07 bits per heavy atom. The molecule has 5 nitrogen and oxygen atoms in total. The van der Waals surface area contributed by atoms with Crippen molar-refractivity contribution >= 4 is 50.9 Å². The van der Waals surface area contributed by atoms with Crippen LogP contribution in [0.25, 0.3) is 10.9 Å². The number of amides is 1. The number of furan rings is 1. The second-order valence-corrected chi connectivity index (χ2v) is 7.87. The van der Waals surface area contributed by atoms with E-state index in [0.29, 0.717) is 27.8 Å². The van der Waals surface area contributed by atoms with E-state index in [4.69, 9.17) is 16.6 Å². The van der Waals surface area contributed by atoms with Crippen molar-refractivity contribution in [2.45, 2.75) is 6.42 Å². The number of carbonyl (C=O) groups excluding carboxylic acids is 2. The quantitative estimate of drug-likeness (QED) is 0.371. The van der Waals surface area contributed by atoms with Gasteiger partial charge in [0.05, 0.1) is 11.2 Å². The van der Waals surface area contributed by atoms with Crippen LogP contribution in [-0.2, 0) is 18.3 Å². The van der Waals surface area contributed by atoms with Crippen LogP contribution < -0.4 is 0 Å². The highest BCUT2D eigenvalue weighted by molar-refractivity contribution is 8.26. The van der Waals surface area contributed by atoms with Crippen molar-refractivity contribution in [3.63, 3.8) is 0 Å². The van der Waals surface area contributed by atoms with E-state index in [9.17, 15) is 9.59 Å². The van der Waals surface area contributed by atoms with Gasteiger partial charge < -0.3 is 8.98 Å². The van der Waals surface area contributed by atoms with E-state index in [1.807, 2.05) is 48.0 Å². The monoisotopic (exact) mass is 396 g/mol. The molecular weight excluding hydrogens is 380 g/mol. The Kier molecular flexibility index (Phi) is 4.72. The van der Waals surface area contributed by atoms with Gasteiger partial charge in [0.25, 0.3) is 5.91 Å². The molecule has 0 aliphatic carbocycles. The summed E-state index contributed by atoms with van der Waals surface area (Å²) < 4.78 is 7.67. The van der Waals surface area contributed by atoms with E-state index >= 15 is 0 Å². The van der Waals surface area contributed by atoms with Crippen molar-refractivity contribution in [2.24, 2.45) is 7.05 Å². The van der Waals surface area contributed by atoms with Crippen LogP contribution in [-0.4, -0.2) is 32.0 Å². The fourth-order valence-electron chi connectivity index (χ4n) is 3.10. The minimum Gasteiger partial charge on any atom is -0.469 e. The summed E-state index contributed by atoms with van der Waals surface area (Å²) in [5, 5.41) is 0.870. The van der Waals surface area contributed by atoms with Gasteiger partial charge in [0.2, 0.25) is 0 Å². The van der Waals surface area contributed by atoms with Crippen LogP contribution in [0.3, 0.4) is 0 Å². The maximum Gasteiger partial charge on any atom is 0.266 e. The molecular formula is C20H16N2O3S2. The van der Waals surface area contributed by atoms with Crippen LogP contribution in [0.2, 0.25) is 0 Å². The molecule has 0 N–H and O–H groups in total. The number of aryl methyl sites for hydroxylation is 1. The van der Waals surface area contributed by atoms with Crippen LogP contribution in [0.4, 0.5) is 0 Å². The number of carbonyl (C=O) groups is 2. The molecule has 1 aliphatic rings. The molecule has 0 unspecified atom stereocenters. The average Bonchev–Trinajstić information content (AvgIpc) is 3.35. The third kappa shape index (κ3) is 3.36. The number of rotatable bonds is 5. The Morgan fingerprint density at radius 3 is 2.85 bits per heavy atom. The normalized spacial score (nSPS) is 16.0. The molecule has 0 saturated carbocycles. The lowest BCUT2D eigenvalue weighted by Gasteiger charge is -2.12. The molecule has 3 heterocycles. The van der Waals surface area contributed by atoms with Crippen molar-refractivity contribution < 1.29 is 14.0 Å². The molecule has 1 aromatic carbocycles. The summed E-state index contributed by atoms with van der Waals surface area (Å²) in [6.07, 6.45) is 5.36. The minimum atomic E-state index is -0.231. The Morgan fingerprint density at radius 1 is 1.26 bits per heavy atom. The van der Waals surface area contributed by atoms with Gasteiger partial charge in [-0.3, -0.25) is 14.5 Å². The van der Waals surface area contributed by atoms with E-state index in [1.54, 1.807) is 12.5 Å². The molecule has 1 aliphatic heterocycles. The summed E-state index contributed by atoms with van der Waals surface area (Å²) in [6.45, 7) is 0.429. The van der Waals surface area contributed by atoms with Crippen LogP contribution >= 0.6 is 24.0 Å². The second kappa shape index (κ2) is 7.17. The van der Waals surface area contributed by atoms with Gasteiger partial charge in [0.15, 0.2) is 5.78 Å². The first-order valence-electron chi connectivity index (χ1n) is 8.41. The number of fused-ring (bicyclic) bond motifs is 1. The van der Waals surface area contributed by atoms with Crippen molar-refractivity contribution in [3.05, 3.63) is 71.2 Å². The maximum absolute atomic E-state index is 12.8. The highest BCUT2D eigenvalue weighted by Gasteiger charge is 2.32. The lowest BCUT2D eigenvalue weighted by Crippen LogP contribution is -2.30. The topological polar surface area (TPSA) is 55.5 Å². The summed E-state index contributed by atoms with van der Waals surface area (Å²) in [5.74, 6) is 0.364. The van der Waals surface area contributed by atoms with Crippen LogP contribution in [0.15, 0.2) is 64.3 Å². The SMILES string of the molecule is Cn1cc(C(=O)/C=C2\SC(=S)N(CCc3ccco3)C2=O)c2ccccc21. The number of ketones is 1. The summed E-state index contributed by atoms with van der Waals surface area (Å²) in [6, 6.07) is 11.4. The highest BCUT2D eigenvalue weighted by Crippen LogP contribution is 2.32. The van der Waals surface area contributed by atoms with E-state index in [2.05, 4.69) is 0 Å². The first kappa shape index (κ1) is 17.8. The minimum absolute atomic E-state index is 0.196. The first-order chi connectivity index (χ1) is 13.0. The number of aromatic nitrogens is 1. The Labute approximate surface area is 165 Å². The van der Waals surface area contributed by atoms with E-state index < -0.39 is 0 Å². The number of nitrogens with zero attached hydrogens (tertiary/aromatic N) is 2. The predicted molar refractivity (Wildman–Crippen MR) is 110 cm³/mol. The van der Waals surface area contributed by atoms with Gasteiger partial charge in [-0.15, -0.1) is 0 Å². The molecule has 27 heavy (non-hydrogen) atoms. The lowest BCUT2D eigenvalue weighted by atomic mass is 10.1. The molecule has 2 aromatic heterocycles. The Balaban J connectivity index is 1.55. The number of para-hydroxylation sites is 1. The molecule has 0 bridgehead atoms.